The summed E-state index contributed by atoms with van der Waals surface area (Å²) >= 11 is 1.66. The number of aliphatic imine (C=N–C) groups is 1. The van der Waals surface area contributed by atoms with E-state index in [1.807, 2.05) is 30.6 Å². The van der Waals surface area contributed by atoms with Crippen LogP contribution in [0.2, 0.25) is 0 Å². The lowest BCUT2D eigenvalue weighted by atomic mass is 9.70. The Bertz CT molecular complexity index is 1060. The van der Waals surface area contributed by atoms with Crippen LogP contribution in [0.1, 0.15) is 56.2 Å². The van der Waals surface area contributed by atoms with Crippen molar-refractivity contribution in [3.05, 3.63) is 71.5 Å². The van der Waals surface area contributed by atoms with Gasteiger partial charge in [-0.15, -0.1) is 0 Å². The van der Waals surface area contributed by atoms with E-state index in [1.165, 1.54) is 11.6 Å². The first-order valence-electron chi connectivity index (χ1n) is 13.4. The Morgan fingerprint density at radius 3 is 2.51 bits per heavy atom. The molecule has 0 amide bonds. The molecule has 0 bridgehead atoms. The smallest absolute Gasteiger partial charge is 0.334 e. The van der Waals surface area contributed by atoms with Gasteiger partial charge in [-0.2, -0.15) is 11.8 Å². The molecule has 1 heterocycles. The lowest BCUT2D eigenvalue weighted by Crippen LogP contribution is -2.57. The van der Waals surface area contributed by atoms with E-state index in [1.54, 1.807) is 23.9 Å². The van der Waals surface area contributed by atoms with Crippen LogP contribution >= 0.6 is 11.8 Å². The number of hydrogen-bond acceptors (Lipinski definition) is 5. The summed E-state index contributed by atoms with van der Waals surface area (Å²) in [5.74, 6) is 0.881. The van der Waals surface area contributed by atoms with E-state index in [0.717, 1.165) is 50.0 Å². The lowest BCUT2D eigenvalue weighted by Gasteiger charge is -2.44. The monoisotopic (exact) mass is 525 g/mol. The van der Waals surface area contributed by atoms with E-state index in [0.29, 0.717) is 11.7 Å². The molecule has 0 aromatic heterocycles. The number of hydrogen-bond donors (Lipinski definition) is 1. The molecule has 1 aliphatic carbocycles. The fourth-order valence-electron chi connectivity index (χ4n) is 6.44. The quantitative estimate of drug-likeness (QED) is 0.383. The summed E-state index contributed by atoms with van der Waals surface area (Å²) in [4.78, 5) is 22.0. The Morgan fingerprint density at radius 1 is 1.16 bits per heavy atom. The average molecular weight is 526 g/mol. The van der Waals surface area contributed by atoms with Gasteiger partial charge in [0, 0.05) is 24.1 Å². The fraction of sp³-hybridized carbons (Fsp3) is 0.533. The minimum absolute atomic E-state index is 0.138. The van der Waals surface area contributed by atoms with Crippen molar-refractivity contribution in [3.8, 4) is 0 Å². The van der Waals surface area contributed by atoms with Gasteiger partial charge in [0.15, 0.2) is 5.54 Å². The Hall–Kier alpha value is -2.38. The molecule has 0 spiro atoms. The van der Waals surface area contributed by atoms with Gasteiger partial charge >= 0.3 is 5.97 Å². The molecule has 3 atom stereocenters. The van der Waals surface area contributed by atoms with Crippen molar-refractivity contribution in [1.29, 1.82) is 0 Å². The number of carboxylic acid groups (broad SMARTS) is 1. The van der Waals surface area contributed by atoms with Crippen molar-refractivity contribution < 1.29 is 14.3 Å². The van der Waals surface area contributed by atoms with Gasteiger partial charge in [-0.1, -0.05) is 49.4 Å². The van der Waals surface area contributed by atoms with Crippen LogP contribution in [0.15, 0.2) is 59.6 Å². The largest absolute Gasteiger partial charge is 0.479 e. The topological polar surface area (TPSA) is 56.1 Å². The van der Waals surface area contributed by atoms with Crippen LogP contribution < -0.4 is 0 Å². The van der Waals surface area contributed by atoms with Crippen LogP contribution in [0, 0.1) is 17.7 Å². The second-order valence-electron chi connectivity index (χ2n) is 10.8. The lowest BCUT2D eigenvalue weighted by molar-refractivity contribution is -0.144. The number of aliphatic carboxylic acids is 1. The standard InChI is InChI=1S/C30H40FN3O2S/c1-4-17-34-21-32-30(29(35)36,20-37-19-22-9-6-5-7-10-22)28(34)24-15-13-23(14-16-24)27(33(2)3)25-11-8-12-26(31)18-25/h5-12,18,21,23-24,27-28H,4,13-17,19-20H2,1-3H3,(H,35,36). The van der Waals surface area contributed by atoms with Crippen LogP contribution in [0.5, 0.6) is 0 Å². The molecule has 2 aromatic rings. The van der Waals surface area contributed by atoms with Gasteiger partial charge < -0.3 is 14.9 Å². The predicted molar refractivity (Wildman–Crippen MR) is 151 cm³/mol. The highest BCUT2D eigenvalue weighted by Gasteiger charge is 2.54. The molecule has 5 nitrogen and oxygen atoms in total. The van der Waals surface area contributed by atoms with Crippen molar-refractivity contribution in [2.45, 2.75) is 62.4 Å². The van der Waals surface area contributed by atoms with Gasteiger partial charge in [0.05, 0.1) is 12.4 Å². The number of carbonyl (C=O) groups is 1. The predicted octanol–water partition coefficient (Wildman–Crippen LogP) is 6.11. The summed E-state index contributed by atoms with van der Waals surface area (Å²) in [5.41, 5.74) is 1.09. The summed E-state index contributed by atoms with van der Waals surface area (Å²) < 4.78 is 14.0. The molecule has 1 N–H and O–H groups in total. The molecular weight excluding hydrogens is 485 g/mol. The van der Waals surface area contributed by atoms with Crippen molar-refractivity contribution in [2.75, 3.05) is 26.4 Å². The van der Waals surface area contributed by atoms with Gasteiger partial charge in [-0.25, -0.2) is 9.18 Å². The molecule has 3 unspecified atom stereocenters. The zero-order chi connectivity index (χ0) is 26.4. The third kappa shape index (κ3) is 6.20. The molecule has 0 radical (unpaired) electrons. The van der Waals surface area contributed by atoms with Crippen molar-refractivity contribution in [2.24, 2.45) is 16.8 Å². The number of nitrogens with zero attached hydrogens (tertiary/aromatic N) is 3. The number of rotatable bonds is 11. The summed E-state index contributed by atoms with van der Waals surface area (Å²) in [7, 11) is 4.13. The van der Waals surface area contributed by atoms with Crippen LogP contribution in [-0.2, 0) is 10.5 Å². The Morgan fingerprint density at radius 2 is 1.89 bits per heavy atom. The van der Waals surface area contributed by atoms with E-state index < -0.39 is 11.5 Å². The molecular formula is C30H40FN3O2S. The van der Waals surface area contributed by atoms with E-state index in [9.17, 15) is 14.3 Å². The normalized spacial score (nSPS) is 26.5. The second kappa shape index (κ2) is 12.4. The van der Waals surface area contributed by atoms with Gasteiger partial charge in [0.25, 0.3) is 0 Å². The van der Waals surface area contributed by atoms with E-state index in [4.69, 9.17) is 4.99 Å². The van der Waals surface area contributed by atoms with Gasteiger partial charge in [-0.3, -0.25) is 4.99 Å². The van der Waals surface area contributed by atoms with Crippen molar-refractivity contribution in [3.63, 3.8) is 0 Å². The van der Waals surface area contributed by atoms with Crippen molar-refractivity contribution in [1.82, 2.24) is 9.80 Å². The summed E-state index contributed by atoms with van der Waals surface area (Å²) in [6.07, 6.45) is 6.66. The minimum Gasteiger partial charge on any atom is -0.479 e. The van der Waals surface area contributed by atoms with Crippen molar-refractivity contribution >= 4 is 24.1 Å². The highest BCUT2D eigenvalue weighted by Crippen LogP contribution is 2.45. The first kappa shape index (κ1) is 27.6. The average Bonchev–Trinajstić information content (AvgIpc) is 3.25. The van der Waals surface area contributed by atoms with Crippen LogP contribution in [0.3, 0.4) is 0 Å². The first-order chi connectivity index (χ1) is 17.9. The van der Waals surface area contributed by atoms with E-state index >= 15 is 0 Å². The van der Waals surface area contributed by atoms with Gasteiger partial charge in [0.1, 0.15) is 5.82 Å². The Balaban J connectivity index is 1.50. The second-order valence-corrected chi connectivity index (χ2v) is 11.8. The molecule has 1 saturated carbocycles. The molecule has 1 aliphatic heterocycles. The van der Waals surface area contributed by atoms with Crippen LogP contribution in [-0.4, -0.2) is 65.2 Å². The summed E-state index contributed by atoms with van der Waals surface area (Å²) in [6.45, 7) is 2.95. The fourth-order valence-corrected chi connectivity index (χ4v) is 7.65. The zero-order valence-electron chi connectivity index (χ0n) is 22.2. The number of thioether (sulfide) groups is 1. The molecule has 2 aliphatic rings. The molecule has 4 rings (SSSR count). The molecule has 7 heteroatoms. The van der Waals surface area contributed by atoms with E-state index in [2.05, 4.69) is 43.0 Å². The SMILES string of the molecule is CCCN1C=NC(CSCc2ccccc2)(C(=O)O)C1C1CCC(C(c2cccc(F)c2)N(C)C)CC1. The summed E-state index contributed by atoms with van der Waals surface area (Å²) in [6, 6.07) is 17.2. The van der Waals surface area contributed by atoms with E-state index in [-0.39, 0.29) is 23.8 Å². The maximum atomic E-state index is 14.0. The van der Waals surface area contributed by atoms with Gasteiger partial charge in [-0.05, 0) is 81.3 Å². The van der Waals surface area contributed by atoms with Crippen LogP contribution in [0.4, 0.5) is 4.39 Å². The first-order valence-corrected chi connectivity index (χ1v) is 14.6. The third-order valence-corrected chi connectivity index (χ3v) is 9.21. The molecule has 2 aromatic carbocycles. The molecule has 1 fully saturated rings. The molecule has 37 heavy (non-hydrogen) atoms. The molecule has 200 valence electrons. The number of carboxylic acids is 1. The number of halogens is 1. The minimum atomic E-state index is -1.13. The maximum absolute atomic E-state index is 14.0. The Labute approximate surface area is 225 Å². The van der Waals surface area contributed by atoms with Crippen LogP contribution in [0.25, 0.3) is 0 Å². The van der Waals surface area contributed by atoms with Gasteiger partial charge in [0.2, 0.25) is 0 Å². The maximum Gasteiger partial charge on any atom is 0.334 e. The Kier molecular flexibility index (Phi) is 9.30. The number of benzene rings is 2. The third-order valence-electron chi connectivity index (χ3n) is 8.02. The summed E-state index contributed by atoms with van der Waals surface area (Å²) in [5, 5.41) is 10.5. The molecule has 0 saturated heterocycles. The highest BCUT2D eigenvalue weighted by molar-refractivity contribution is 7.98. The highest BCUT2D eigenvalue weighted by atomic mass is 32.2. The zero-order valence-corrected chi connectivity index (χ0v) is 23.0.